The molecule has 0 saturated heterocycles. The monoisotopic (exact) mass is 376 g/mol. The van der Waals surface area contributed by atoms with Gasteiger partial charge in [0.1, 0.15) is 11.5 Å². The van der Waals surface area contributed by atoms with Crippen LogP contribution in [0.3, 0.4) is 0 Å². The molecule has 3 N–H and O–H groups in total. The van der Waals surface area contributed by atoms with Crippen LogP contribution in [-0.2, 0) is 9.59 Å². The molecule has 6 nitrogen and oxygen atoms in total. The van der Waals surface area contributed by atoms with Gasteiger partial charge in [-0.3, -0.25) is 9.59 Å². The smallest absolute Gasteiger partial charge is 0.263 e. The van der Waals surface area contributed by atoms with Gasteiger partial charge >= 0.3 is 0 Å². The van der Waals surface area contributed by atoms with Crippen LogP contribution in [-0.4, -0.2) is 18.4 Å². The average Bonchev–Trinajstić information content (AvgIpc) is 2.72. The topological polar surface area (TPSA) is 90.7 Å². The van der Waals surface area contributed by atoms with Crippen LogP contribution in [0.15, 0.2) is 84.9 Å². The molecule has 6 heteroatoms. The van der Waals surface area contributed by atoms with Crippen molar-refractivity contribution in [1.29, 1.82) is 0 Å². The molecule has 0 aliphatic rings. The molecular formula is C22H20N2O4. The number of carbonyl (C=O) groups is 2. The van der Waals surface area contributed by atoms with E-state index in [0.29, 0.717) is 22.7 Å². The molecule has 28 heavy (non-hydrogen) atoms. The minimum atomic E-state index is -0.923. The van der Waals surface area contributed by atoms with E-state index in [1.165, 1.54) is 0 Å². The zero-order chi connectivity index (χ0) is 19.8. The molecule has 0 radical (unpaired) electrons. The molecule has 0 saturated carbocycles. The quantitative estimate of drug-likeness (QED) is 0.631. The van der Waals surface area contributed by atoms with E-state index in [9.17, 15) is 9.59 Å². The van der Waals surface area contributed by atoms with E-state index in [-0.39, 0.29) is 12.5 Å². The number of hydrogen-bond donors (Lipinski definition) is 2. The third-order valence-corrected chi connectivity index (χ3v) is 3.87. The van der Waals surface area contributed by atoms with Crippen molar-refractivity contribution < 1.29 is 19.1 Å². The number of amides is 2. The zero-order valence-electron chi connectivity index (χ0n) is 15.1. The average molecular weight is 376 g/mol. The Morgan fingerprint density at radius 1 is 0.821 bits per heavy atom. The highest BCUT2D eigenvalue weighted by Gasteiger charge is 2.20. The normalized spacial score (nSPS) is 11.3. The van der Waals surface area contributed by atoms with Crippen LogP contribution in [0, 0.1) is 0 Å². The van der Waals surface area contributed by atoms with Crippen molar-refractivity contribution in [3.8, 4) is 11.5 Å². The molecule has 1 unspecified atom stereocenters. The summed E-state index contributed by atoms with van der Waals surface area (Å²) >= 11 is 0. The van der Waals surface area contributed by atoms with Crippen LogP contribution < -0.4 is 20.5 Å². The maximum absolute atomic E-state index is 12.0. The molecular weight excluding hydrogens is 356 g/mol. The van der Waals surface area contributed by atoms with Gasteiger partial charge in [0.2, 0.25) is 6.10 Å². The van der Waals surface area contributed by atoms with E-state index in [0.717, 1.165) is 0 Å². The lowest BCUT2D eigenvalue weighted by Gasteiger charge is -2.17. The van der Waals surface area contributed by atoms with Gasteiger partial charge in [0, 0.05) is 11.3 Å². The standard InChI is InChI=1S/C22H20N2O4/c23-22(26)21(28-19-9-5-2-6-10-19)16-11-13-17(14-12-16)24-20(25)15-27-18-7-3-1-4-8-18/h1-14,21H,15H2,(H2,23,26)(H,24,25). The van der Waals surface area contributed by atoms with Gasteiger partial charge in [-0.1, -0.05) is 48.5 Å². The van der Waals surface area contributed by atoms with Gasteiger partial charge in [0.25, 0.3) is 11.8 Å². The first-order valence-corrected chi connectivity index (χ1v) is 8.70. The predicted octanol–water partition coefficient (Wildman–Crippen LogP) is 3.31. The molecule has 0 bridgehead atoms. The Morgan fingerprint density at radius 2 is 1.39 bits per heavy atom. The molecule has 0 aliphatic heterocycles. The number of hydrogen-bond acceptors (Lipinski definition) is 4. The van der Waals surface area contributed by atoms with Crippen molar-refractivity contribution in [3.63, 3.8) is 0 Å². The Morgan fingerprint density at radius 3 is 1.96 bits per heavy atom. The molecule has 0 aromatic heterocycles. The van der Waals surface area contributed by atoms with Crippen LogP contribution in [0.5, 0.6) is 11.5 Å². The lowest BCUT2D eigenvalue weighted by molar-refractivity contribution is -0.125. The van der Waals surface area contributed by atoms with E-state index in [1.54, 1.807) is 48.5 Å². The summed E-state index contributed by atoms with van der Waals surface area (Å²) in [5, 5.41) is 2.74. The first kappa shape index (κ1) is 19.0. The molecule has 2 amide bonds. The van der Waals surface area contributed by atoms with Gasteiger partial charge in [0.15, 0.2) is 6.61 Å². The summed E-state index contributed by atoms with van der Waals surface area (Å²) in [6.07, 6.45) is -0.923. The van der Waals surface area contributed by atoms with Gasteiger partial charge in [-0.15, -0.1) is 0 Å². The number of carbonyl (C=O) groups excluding carboxylic acids is 2. The summed E-state index contributed by atoms with van der Waals surface area (Å²) in [7, 11) is 0. The van der Waals surface area contributed by atoms with E-state index in [1.807, 2.05) is 36.4 Å². The molecule has 3 aromatic rings. The number of para-hydroxylation sites is 2. The second kappa shape index (κ2) is 9.23. The molecule has 0 aliphatic carbocycles. The third-order valence-electron chi connectivity index (χ3n) is 3.87. The second-order valence-electron chi connectivity index (χ2n) is 5.99. The highest BCUT2D eigenvalue weighted by Crippen LogP contribution is 2.23. The van der Waals surface area contributed by atoms with Crippen molar-refractivity contribution in [2.24, 2.45) is 5.73 Å². The molecule has 0 heterocycles. The third kappa shape index (κ3) is 5.35. The fourth-order valence-corrected chi connectivity index (χ4v) is 2.53. The van der Waals surface area contributed by atoms with E-state index in [4.69, 9.17) is 15.2 Å². The largest absolute Gasteiger partial charge is 0.484 e. The van der Waals surface area contributed by atoms with E-state index in [2.05, 4.69) is 5.32 Å². The number of primary amides is 1. The summed E-state index contributed by atoms with van der Waals surface area (Å²) in [5.41, 5.74) is 6.65. The Balaban J connectivity index is 1.59. The lowest BCUT2D eigenvalue weighted by Crippen LogP contribution is -2.26. The zero-order valence-corrected chi connectivity index (χ0v) is 15.1. The SMILES string of the molecule is NC(=O)C(Oc1ccccc1)c1ccc(NC(=O)COc2ccccc2)cc1. The Labute approximate surface area is 162 Å². The fraction of sp³-hybridized carbons (Fsp3) is 0.0909. The van der Waals surface area contributed by atoms with E-state index >= 15 is 0 Å². The van der Waals surface area contributed by atoms with Crippen LogP contribution in [0.4, 0.5) is 5.69 Å². The van der Waals surface area contributed by atoms with Gasteiger partial charge in [-0.2, -0.15) is 0 Å². The number of anilines is 1. The van der Waals surface area contributed by atoms with Crippen molar-refractivity contribution in [3.05, 3.63) is 90.5 Å². The van der Waals surface area contributed by atoms with Crippen molar-refractivity contribution in [2.45, 2.75) is 6.10 Å². The summed E-state index contributed by atoms with van der Waals surface area (Å²) in [4.78, 5) is 23.8. The summed E-state index contributed by atoms with van der Waals surface area (Å²) in [5.74, 6) is 0.276. The number of ether oxygens (including phenoxy) is 2. The van der Waals surface area contributed by atoms with Crippen molar-refractivity contribution in [1.82, 2.24) is 0 Å². The summed E-state index contributed by atoms with van der Waals surface area (Å²) in [6, 6.07) is 24.8. The Kier molecular flexibility index (Phi) is 6.25. The van der Waals surface area contributed by atoms with Crippen molar-refractivity contribution >= 4 is 17.5 Å². The summed E-state index contributed by atoms with van der Waals surface area (Å²) < 4.78 is 11.1. The number of nitrogens with one attached hydrogen (secondary N) is 1. The van der Waals surface area contributed by atoms with Gasteiger partial charge in [-0.05, 0) is 36.4 Å². The van der Waals surface area contributed by atoms with E-state index < -0.39 is 12.0 Å². The van der Waals surface area contributed by atoms with Gasteiger partial charge < -0.3 is 20.5 Å². The van der Waals surface area contributed by atoms with Crippen molar-refractivity contribution in [2.75, 3.05) is 11.9 Å². The molecule has 3 rings (SSSR count). The lowest BCUT2D eigenvalue weighted by atomic mass is 10.1. The summed E-state index contributed by atoms with van der Waals surface area (Å²) in [6.45, 7) is -0.104. The Hall–Kier alpha value is -3.80. The maximum Gasteiger partial charge on any atom is 0.263 e. The number of nitrogens with two attached hydrogens (primary N) is 1. The Bertz CT molecular complexity index is 912. The second-order valence-corrected chi connectivity index (χ2v) is 5.99. The minimum absolute atomic E-state index is 0.104. The van der Waals surface area contributed by atoms with Crippen LogP contribution >= 0.6 is 0 Å². The van der Waals surface area contributed by atoms with Crippen LogP contribution in [0.2, 0.25) is 0 Å². The van der Waals surface area contributed by atoms with Crippen LogP contribution in [0.1, 0.15) is 11.7 Å². The molecule has 3 aromatic carbocycles. The molecule has 0 fully saturated rings. The molecule has 142 valence electrons. The molecule has 0 spiro atoms. The predicted molar refractivity (Wildman–Crippen MR) is 106 cm³/mol. The number of rotatable bonds is 8. The maximum atomic E-state index is 12.0. The first-order valence-electron chi connectivity index (χ1n) is 8.70. The first-order chi connectivity index (χ1) is 13.6. The molecule has 1 atom stereocenters. The van der Waals surface area contributed by atoms with Crippen LogP contribution in [0.25, 0.3) is 0 Å². The van der Waals surface area contributed by atoms with Gasteiger partial charge in [-0.25, -0.2) is 0 Å². The highest BCUT2D eigenvalue weighted by molar-refractivity contribution is 5.92. The van der Waals surface area contributed by atoms with Gasteiger partial charge in [0.05, 0.1) is 0 Å². The fourth-order valence-electron chi connectivity index (χ4n) is 2.53. The number of benzene rings is 3. The highest BCUT2D eigenvalue weighted by atomic mass is 16.5. The minimum Gasteiger partial charge on any atom is -0.484 e.